The van der Waals surface area contributed by atoms with Crippen LogP contribution in [0.4, 0.5) is 0 Å². The van der Waals surface area contributed by atoms with Crippen molar-refractivity contribution >= 4 is 22.5 Å². The van der Waals surface area contributed by atoms with Crippen molar-refractivity contribution in [1.29, 1.82) is 0 Å². The van der Waals surface area contributed by atoms with Crippen LogP contribution in [0.3, 0.4) is 0 Å². The van der Waals surface area contributed by atoms with Crippen LogP contribution < -0.4 is 10.1 Å². The normalized spacial score (nSPS) is 10.9. The lowest BCUT2D eigenvalue weighted by Gasteiger charge is -2.06. The third-order valence-electron chi connectivity index (χ3n) is 4.08. The molecule has 0 unspecified atom stereocenters. The second-order valence-corrected chi connectivity index (χ2v) is 5.64. The van der Waals surface area contributed by atoms with E-state index in [4.69, 9.17) is 4.74 Å². The monoisotopic (exact) mass is 332 g/mol. The maximum absolute atomic E-state index is 12.5. The summed E-state index contributed by atoms with van der Waals surface area (Å²) in [6.07, 6.45) is 3.28. The van der Waals surface area contributed by atoms with Gasteiger partial charge in [-0.15, -0.1) is 0 Å². The van der Waals surface area contributed by atoms with E-state index in [0.717, 1.165) is 22.2 Å². The number of amides is 1. The Morgan fingerprint density at radius 2 is 2.00 bits per heavy atom. The number of ether oxygens (including phenoxy) is 1. The molecule has 25 heavy (non-hydrogen) atoms. The molecule has 0 spiro atoms. The molecule has 0 saturated heterocycles. The van der Waals surface area contributed by atoms with Gasteiger partial charge in [-0.05, 0) is 17.7 Å². The maximum Gasteiger partial charge on any atom is 0.257 e. The second-order valence-electron chi connectivity index (χ2n) is 5.64. The van der Waals surface area contributed by atoms with Crippen LogP contribution in [0.1, 0.15) is 15.9 Å². The van der Waals surface area contributed by atoms with Gasteiger partial charge in [0, 0.05) is 24.2 Å². The largest absolute Gasteiger partial charge is 0.497 e. The highest BCUT2D eigenvalue weighted by Crippen LogP contribution is 2.22. The molecule has 1 N–H and O–H groups in total. The molecule has 0 aliphatic heterocycles. The summed E-state index contributed by atoms with van der Waals surface area (Å²) in [4.78, 5) is 16.9. The van der Waals surface area contributed by atoms with Gasteiger partial charge in [-0.2, -0.15) is 5.10 Å². The number of benzene rings is 2. The van der Waals surface area contributed by atoms with E-state index in [0.29, 0.717) is 17.8 Å². The predicted octanol–water partition coefficient (Wildman–Crippen LogP) is 2.82. The number of nitrogens with one attached hydrogen (secondary N) is 1. The van der Waals surface area contributed by atoms with Gasteiger partial charge in [0.15, 0.2) is 5.65 Å². The molecule has 6 nitrogen and oxygen atoms in total. The fourth-order valence-electron chi connectivity index (χ4n) is 2.75. The van der Waals surface area contributed by atoms with E-state index in [1.54, 1.807) is 24.0 Å². The zero-order chi connectivity index (χ0) is 17.2. The summed E-state index contributed by atoms with van der Waals surface area (Å²) in [5.41, 5.74) is 2.84. The first-order valence-electron chi connectivity index (χ1n) is 7.89. The number of carbonyl (C=O) groups is 1. The first-order valence-corrected chi connectivity index (χ1v) is 7.89. The van der Waals surface area contributed by atoms with Crippen molar-refractivity contribution in [3.63, 3.8) is 0 Å². The third kappa shape index (κ3) is 2.78. The summed E-state index contributed by atoms with van der Waals surface area (Å²) in [7, 11) is 1.62. The molecule has 1 amide bonds. The molecule has 0 bridgehead atoms. The molecule has 2 aromatic carbocycles. The van der Waals surface area contributed by atoms with Gasteiger partial charge < -0.3 is 10.1 Å². The van der Waals surface area contributed by atoms with Crippen LogP contribution in [-0.2, 0) is 6.54 Å². The van der Waals surface area contributed by atoms with E-state index in [-0.39, 0.29) is 5.91 Å². The van der Waals surface area contributed by atoms with Crippen molar-refractivity contribution in [1.82, 2.24) is 19.9 Å². The quantitative estimate of drug-likeness (QED) is 0.624. The maximum atomic E-state index is 12.5. The molecule has 2 aromatic heterocycles. The van der Waals surface area contributed by atoms with Gasteiger partial charge in [0.1, 0.15) is 11.3 Å². The van der Waals surface area contributed by atoms with Crippen LogP contribution in [0.15, 0.2) is 60.9 Å². The van der Waals surface area contributed by atoms with Crippen LogP contribution in [0.25, 0.3) is 16.6 Å². The van der Waals surface area contributed by atoms with Crippen LogP contribution in [0.5, 0.6) is 5.75 Å². The van der Waals surface area contributed by atoms with Gasteiger partial charge in [-0.1, -0.05) is 30.3 Å². The molecule has 4 aromatic rings. The summed E-state index contributed by atoms with van der Waals surface area (Å²) in [6.45, 7) is 0.457. The Kier molecular flexibility index (Phi) is 3.78. The van der Waals surface area contributed by atoms with Gasteiger partial charge in [0.2, 0.25) is 0 Å². The van der Waals surface area contributed by atoms with Gasteiger partial charge in [0.25, 0.3) is 5.91 Å². The number of nitrogens with zero attached hydrogens (tertiary/aromatic N) is 3. The van der Waals surface area contributed by atoms with Gasteiger partial charge in [-0.25, -0.2) is 9.50 Å². The highest BCUT2D eigenvalue weighted by atomic mass is 16.5. The molecule has 4 rings (SSSR count). The van der Waals surface area contributed by atoms with E-state index >= 15 is 0 Å². The smallest absolute Gasteiger partial charge is 0.257 e. The Labute approximate surface area is 144 Å². The highest BCUT2D eigenvalue weighted by Gasteiger charge is 2.15. The average molecular weight is 332 g/mol. The average Bonchev–Trinajstić information content (AvgIpc) is 3.11. The Morgan fingerprint density at radius 3 is 2.80 bits per heavy atom. The van der Waals surface area contributed by atoms with E-state index in [1.165, 1.54) is 0 Å². The lowest BCUT2D eigenvalue weighted by atomic mass is 10.2. The minimum absolute atomic E-state index is 0.200. The number of carbonyl (C=O) groups excluding carboxylic acids is 1. The minimum atomic E-state index is -0.200. The van der Waals surface area contributed by atoms with Gasteiger partial charge >= 0.3 is 0 Å². The number of rotatable bonds is 4. The molecule has 124 valence electrons. The van der Waals surface area contributed by atoms with Gasteiger partial charge in [-0.3, -0.25) is 4.79 Å². The molecular weight excluding hydrogens is 316 g/mol. The molecular formula is C19H16N4O2. The van der Waals surface area contributed by atoms with Crippen molar-refractivity contribution in [2.75, 3.05) is 7.11 Å². The number of aromatic nitrogens is 3. The summed E-state index contributed by atoms with van der Waals surface area (Å²) < 4.78 is 6.93. The van der Waals surface area contributed by atoms with Crippen molar-refractivity contribution < 1.29 is 9.53 Å². The standard InChI is InChI=1S/C19H16N4O2/c1-25-15-8-7-14-11-20-18-16(12-22-23(18)17(14)9-15)19(24)21-10-13-5-3-2-4-6-13/h2-9,11-12H,10H2,1H3,(H,21,24). The molecule has 0 fully saturated rings. The number of methoxy groups -OCH3 is 1. The Morgan fingerprint density at radius 1 is 1.16 bits per heavy atom. The lowest BCUT2D eigenvalue weighted by molar-refractivity contribution is 0.0952. The Hall–Kier alpha value is -3.41. The zero-order valence-corrected chi connectivity index (χ0v) is 13.6. The van der Waals surface area contributed by atoms with Gasteiger partial charge in [0.05, 0.1) is 18.8 Å². The summed E-state index contributed by atoms with van der Waals surface area (Å²) in [5, 5.41) is 8.17. The topological polar surface area (TPSA) is 68.5 Å². The van der Waals surface area contributed by atoms with Crippen molar-refractivity contribution in [3.8, 4) is 5.75 Å². The van der Waals surface area contributed by atoms with Crippen molar-refractivity contribution in [3.05, 3.63) is 72.1 Å². The van der Waals surface area contributed by atoms with Crippen molar-refractivity contribution in [2.45, 2.75) is 6.54 Å². The third-order valence-corrected chi connectivity index (χ3v) is 4.08. The predicted molar refractivity (Wildman–Crippen MR) is 94.7 cm³/mol. The molecule has 0 aliphatic carbocycles. The first kappa shape index (κ1) is 15.1. The molecule has 0 atom stereocenters. The Balaban J connectivity index is 1.68. The lowest BCUT2D eigenvalue weighted by Crippen LogP contribution is -2.22. The fraction of sp³-hybridized carbons (Fsp3) is 0.105. The molecule has 0 radical (unpaired) electrons. The molecule has 0 aliphatic rings. The van der Waals surface area contributed by atoms with Crippen LogP contribution in [-0.4, -0.2) is 27.6 Å². The fourth-order valence-corrected chi connectivity index (χ4v) is 2.75. The van der Waals surface area contributed by atoms with E-state index in [1.807, 2.05) is 48.5 Å². The number of hydrogen-bond donors (Lipinski definition) is 1. The van der Waals surface area contributed by atoms with Crippen molar-refractivity contribution in [2.24, 2.45) is 0 Å². The highest BCUT2D eigenvalue weighted by molar-refractivity contribution is 6.00. The van der Waals surface area contributed by atoms with Crippen LogP contribution in [0.2, 0.25) is 0 Å². The summed E-state index contributed by atoms with van der Waals surface area (Å²) in [5.74, 6) is 0.527. The van der Waals surface area contributed by atoms with E-state index in [2.05, 4.69) is 15.4 Å². The molecule has 0 saturated carbocycles. The minimum Gasteiger partial charge on any atom is -0.497 e. The number of fused-ring (bicyclic) bond motifs is 3. The van der Waals surface area contributed by atoms with E-state index in [9.17, 15) is 4.79 Å². The van der Waals surface area contributed by atoms with Crippen LogP contribution >= 0.6 is 0 Å². The van der Waals surface area contributed by atoms with E-state index < -0.39 is 0 Å². The summed E-state index contributed by atoms with van der Waals surface area (Å²) in [6, 6.07) is 15.4. The second kappa shape index (κ2) is 6.24. The summed E-state index contributed by atoms with van der Waals surface area (Å²) >= 11 is 0. The zero-order valence-electron chi connectivity index (χ0n) is 13.6. The number of hydrogen-bond acceptors (Lipinski definition) is 4. The van der Waals surface area contributed by atoms with Crippen LogP contribution in [0, 0.1) is 0 Å². The Bertz CT molecular complexity index is 1060. The first-order chi connectivity index (χ1) is 12.3. The molecule has 2 heterocycles. The SMILES string of the molecule is COc1ccc2cnc3c(C(=O)NCc4ccccc4)cnn3c2c1. The molecule has 6 heteroatoms.